The van der Waals surface area contributed by atoms with E-state index in [4.69, 9.17) is 10.5 Å². The number of nitrogens with two attached hydrogens (primary N) is 1. The van der Waals surface area contributed by atoms with Gasteiger partial charge in [0, 0.05) is 0 Å². The molecule has 1 heterocycles. The van der Waals surface area contributed by atoms with Crippen LogP contribution in [0.5, 0.6) is 0 Å². The molecule has 0 aliphatic rings. The number of ether oxygens (including phenoxy) is 1. The maximum atomic E-state index is 5.52. The van der Waals surface area contributed by atoms with Crippen molar-refractivity contribution in [3.63, 3.8) is 0 Å². The van der Waals surface area contributed by atoms with Gasteiger partial charge in [-0.05, 0) is 12.8 Å². The molecule has 1 rings (SSSR count). The second kappa shape index (κ2) is 4.81. The number of nitrogen functional groups attached to an aromatic ring is 1. The van der Waals surface area contributed by atoms with Crippen LogP contribution in [0.3, 0.4) is 0 Å². The predicted molar refractivity (Wildman–Crippen MR) is 49.9 cm³/mol. The highest BCUT2D eigenvalue weighted by Crippen LogP contribution is 2.03. The Kier molecular flexibility index (Phi) is 3.70. The summed E-state index contributed by atoms with van der Waals surface area (Å²) >= 11 is 0. The van der Waals surface area contributed by atoms with E-state index in [1.165, 1.54) is 11.0 Å². The van der Waals surface area contributed by atoms with Crippen molar-refractivity contribution in [1.82, 2.24) is 15.0 Å². The summed E-state index contributed by atoms with van der Waals surface area (Å²) in [4.78, 5) is 1.45. The van der Waals surface area contributed by atoms with Crippen LogP contribution >= 0.6 is 0 Å². The number of aromatic nitrogens is 3. The summed E-state index contributed by atoms with van der Waals surface area (Å²) in [6.07, 6.45) is 3.81. The molecule has 1 aromatic heterocycles. The fraction of sp³-hybridized carbons (Fsp3) is 0.750. The molecule has 0 atom stereocenters. The quantitative estimate of drug-likeness (QED) is 0.742. The van der Waals surface area contributed by atoms with Crippen LogP contribution in [0.25, 0.3) is 0 Å². The molecule has 0 saturated heterocycles. The van der Waals surface area contributed by atoms with Gasteiger partial charge in [0.05, 0.1) is 12.3 Å². The molecule has 5 nitrogen and oxygen atoms in total. The van der Waals surface area contributed by atoms with Gasteiger partial charge in [-0.25, -0.2) is 0 Å². The summed E-state index contributed by atoms with van der Waals surface area (Å²) in [7, 11) is 0. The summed E-state index contributed by atoms with van der Waals surface area (Å²) in [5, 5.41) is 7.82. The van der Waals surface area contributed by atoms with Crippen molar-refractivity contribution in [2.24, 2.45) is 0 Å². The highest BCUT2D eigenvalue weighted by molar-refractivity contribution is 5.19. The first-order valence-corrected chi connectivity index (χ1v) is 4.53. The third kappa shape index (κ3) is 3.02. The Labute approximate surface area is 77.9 Å². The Morgan fingerprint density at radius 2 is 2.23 bits per heavy atom. The average Bonchev–Trinajstić information content (AvgIpc) is 2.53. The van der Waals surface area contributed by atoms with Crippen molar-refractivity contribution in [3.8, 4) is 0 Å². The smallest absolute Gasteiger partial charge is 0.166 e. The number of anilines is 1. The van der Waals surface area contributed by atoms with Crippen LogP contribution in [0.1, 0.15) is 26.7 Å². The van der Waals surface area contributed by atoms with Gasteiger partial charge < -0.3 is 10.5 Å². The van der Waals surface area contributed by atoms with Crippen molar-refractivity contribution in [1.29, 1.82) is 0 Å². The molecule has 0 spiro atoms. The maximum absolute atomic E-state index is 5.52. The van der Waals surface area contributed by atoms with Gasteiger partial charge in [0.25, 0.3) is 0 Å². The summed E-state index contributed by atoms with van der Waals surface area (Å²) in [6, 6.07) is 0. The molecule has 0 unspecified atom stereocenters. The van der Waals surface area contributed by atoms with Crippen molar-refractivity contribution >= 4 is 5.82 Å². The van der Waals surface area contributed by atoms with E-state index in [-0.39, 0.29) is 6.10 Å². The van der Waals surface area contributed by atoms with Crippen molar-refractivity contribution in [2.45, 2.75) is 39.5 Å². The summed E-state index contributed by atoms with van der Waals surface area (Å²) in [5.41, 5.74) is 5.40. The molecule has 0 bridgehead atoms. The fourth-order valence-electron chi connectivity index (χ4n) is 1.07. The normalized spacial score (nSPS) is 11.0. The Balaban J connectivity index is 2.33. The first-order chi connectivity index (χ1) is 6.26. The van der Waals surface area contributed by atoms with E-state index in [1.54, 1.807) is 0 Å². The third-order valence-corrected chi connectivity index (χ3v) is 1.89. The Morgan fingerprint density at radius 1 is 1.54 bits per heavy atom. The largest absolute Gasteiger partial charge is 0.381 e. The minimum atomic E-state index is 0.284. The molecule has 13 heavy (non-hydrogen) atoms. The lowest BCUT2D eigenvalue weighted by molar-refractivity contribution is -0.00913. The molecule has 5 heteroatoms. The van der Waals surface area contributed by atoms with Crippen LogP contribution in [0.15, 0.2) is 6.20 Å². The lowest BCUT2D eigenvalue weighted by Gasteiger charge is -2.12. The molecule has 0 fully saturated rings. The summed E-state index contributed by atoms with van der Waals surface area (Å²) < 4.78 is 5.52. The monoisotopic (exact) mass is 184 g/mol. The zero-order valence-corrected chi connectivity index (χ0v) is 8.10. The highest BCUT2D eigenvalue weighted by atomic mass is 16.5. The maximum Gasteiger partial charge on any atom is 0.166 e. The van der Waals surface area contributed by atoms with Gasteiger partial charge in [-0.3, -0.25) is 0 Å². The zero-order chi connectivity index (χ0) is 9.68. The van der Waals surface area contributed by atoms with Gasteiger partial charge in [-0.15, -0.1) is 5.10 Å². The topological polar surface area (TPSA) is 66.0 Å². The van der Waals surface area contributed by atoms with E-state index in [0.29, 0.717) is 12.5 Å². The van der Waals surface area contributed by atoms with Crippen molar-refractivity contribution in [2.75, 3.05) is 5.73 Å². The second-order valence-electron chi connectivity index (χ2n) is 2.88. The van der Waals surface area contributed by atoms with E-state index < -0.39 is 0 Å². The second-order valence-corrected chi connectivity index (χ2v) is 2.88. The lowest BCUT2D eigenvalue weighted by atomic mass is 10.2. The molecule has 0 radical (unpaired) electrons. The van der Waals surface area contributed by atoms with E-state index >= 15 is 0 Å². The van der Waals surface area contributed by atoms with E-state index in [1.807, 2.05) is 0 Å². The Morgan fingerprint density at radius 3 is 2.69 bits per heavy atom. The van der Waals surface area contributed by atoms with Crippen LogP contribution in [-0.2, 0) is 11.5 Å². The van der Waals surface area contributed by atoms with Crippen LogP contribution in [0.4, 0.5) is 5.82 Å². The Bertz CT molecular complexity index is 244. The molecule has 0 aliphatic carbocycles. The molecule has 0 amide bonds. The molecule has 1 aromatic rings. The molecule has 0 aliphatic heterocycles. The van der Waals surface area contributed by atoms with Gasteiger partial charge in [0.1, 0.15) is 0 Å². The zero-order valence-electron chi connectivity index (χ0n) is 8.10. The molecule has 2 N–H and O–H groups in total. The number of hydrogen-bond acceptors (Lipinski definition) is 4. The van der Waals surface area contributed by atoms with Gasteiger partial charge in [-0.1, -0.05) is 13.8 Å². The van der Waals surface area contributed by atoms with Crippen LogP contribution in [0.2, 0.25) is 0 Å². The van der Waals surface area contributed by atoms with Gasteiger partial charge >= 0.3 is 0 Å². The lowest BCUT2D eigenvalue weighted by Crippen LogP contribution is -2.15. The first kappa shape index (κ1) is 9.98. The molecule has 0 aromatic carbocycles. The Hall–Kier alpha value is -1.10. The standard InChI is InChI=1S/C8H16N4O/c1-3-7(4-2)13-6-12-10-5-8(9)11-12/h5,7H,3-4,6H2,1-2H3,(H2,9,11). The number of nitrogens with zero attached hydrogens (tertiary/aromatic N) is 3. The SMILES string of the molecule is CCC(CC)OCn1ncc(N)n1. The van der Waals surface area contributed by atoms with Crippen molar-refractivity contribution in [3.05, 3.63) is 6.20 Å². The molecular weight excluding hydrogens is 168 g/mol. The molecule has 0 saturated carbocycles. The highest BCUT2D eigenvalue weighted by Gasteiger charge is 2.03. The van der Waals surface area contributed by atoms with Gasteiger partial charge in [0.15, 0.2) is 12.5 Å². The minimum Gasteiger partial charge on any atom is -0.381 e. The van der Waals surface area contributed by atoms with E-state index in [0.717, 1.165) is 12.8 Å². The number of hydrogen-bond donors (Lipinski definition) is 1. The minimum absolute atomic E-state index is 0.284. The van der Waals surface area contributed by atoms with E-state index in [9.17, 15) is 0 Å². The summed E-state index contributed by atoms with van der Waals surface area (Å²) in [6.45, 7) is 4.57. The van der Waals surface area contributed by atoms with Gasteiger partial charge in [-0.2, -0.15) is 9.90 Å². The van der Waals surface area contributed by atoms with Crippen LogP contribution < -0.4 is 5.73 Å². The van der Waals surface area contributed by atoms with Crippen LogP contribution in [-0.4, -0.2) is 21.1 Å². The van der Waals surface area contributed by atoms with Gasteiger partial charge in [0.2, 0.25) is 0 Å². The van der Waals surface area contributed by atoms with Crippen LogP contribution in [0, 0.1) is 0 Å². The van der Waals surface area contributed by atoms with E-state index in [2.05, 4.69) is 24.0 Å². The fourth-order valence-corrected chi connectivity index (χ4v) is 1.07. The first-order valence-electron chi connectivity index (χ1n) is 4.53. The molecular formula is C8H16N4O. The predicted octanol–water partition coefficient (Wildman–Crippen LogP) is 1.02. The third-order valence-electron chi connectivity index (χ3n) is 1.89. The molecule has 74 valence electrons. The average molecular weight is 184 g/mol. The number of rotatable bonds is 5. The van der Waals surface area contributed by atoms with Crippen molar-refractivity contribution < 1.29 is 4.74 Å². The summed E-state index contributed by atoms with van der Waals surface area (Å²) in [5.74, 6) is 0.424.